The molecule has 0 spiro atoms. The van der Waals surface area contributed by atoms with Crippen molar-refractivity contribution in [2.45, 2.75) is 39.3 Å². The summed E-state index contributed by atoms with van der Waals surface area (Å²) in [6.45, 7) is 7.12. The molecule has 3 nitrogen and oxygen atoms in total. The molecule has 0 aromatic carbocycles. The molecule has 4 heteroatoms. The molecule has 1 fully saturated rings. The molecule has 1 atom stereocenters. The van der Waals surface area contributed by atoms with Crippen LogP contribution in [0.3, 0.4) is 0 Å². The molecule has 18 heavy (non-hydrogen) atoms. The maximum absolute atomic E-state index is 9.90. The summed E-state index contributed by atoms with van der Waals surface area (Å²) in [5, 5.41) is 10.7. The predicted molar refractivity (Wildman–Crippen MR) is 73.5 cm³/mol. The topological polar surface area (TPSA) is 36.4 Å². The number of aliphatic hydroxyl groups is 1. The summed E-state index contributed by atoms with van der Waals surface area (Å²) in [5.74, 6) is 0. The van der Waals surface area contributed by atoms with E-state index in [4.69, 9.17) is 11.6 Å². The molecular formula is C14H21ClN2O. The van der Waals surface area contributed by atoms with Crippen molar-refractivity contribution < 1.29 is 5.11 Å². The number of halogens is 1. The van der Waals surface area contributed by atoms with Gasteiger partial charge in [0.15, 0.2) is 0 Å². The van der Waals surface area contributed by atoms with Crippen LogP contribution >= 0.6 is 11.6 Å². The number of aliphatic hydroxyl groups excluding tert-OH is 1. The van der Waals surface area contributed by atoms with Gasteiger partial charge in [0.25, 0.3) is 0 Å². The third-order valence-corrected chi connectivity index (χ3v) is 3.83. The average Bonchev–Trinajstić information content (AvgIpc) is 2.40. The molecule has 0 amide bonds. The van der Waals surface area contributed by atoms with Crippen LogP contribution in [0, 0.1) is 5.41 Å². The largest absolute Gasteiger partial charge is 0.393 e. The van der Waals surface area contributed by atoms with Crippen LogP contribution < -0.4 is 0 Å². The van der Waals surface area contributed by atoms with E-state index in [0.29, 0.717) is 0 Å². The highest BCUT2D eigenvalue weighted by Crippen LogP contribution is 2.29. The quantitative estimate of drug-likeness (QED) is 0.896. The van der Waals surface area contributed by atoms with Crippen molar-refractivity contribution in [2.24, 2.45) is 5.41 Å². The van der Waals surface area contributed by atoms with Crippen LogP contribution in [0.2, 0.25) is 5.02 Å². The molecule has 0 aliphatic carbocycles. The van der Waals surface area contributed by atoms with Crippen molar-refractivity contribution in [1.29, 1.82) is 0 Å². The van der Waals surface area contributed by atoms with Crippen LogP contribution in [0.4, 0.5) is 0 Å². The molecule has 0 saturated carbocycles. The van der Waals surface area contributed by atoms with Gasteiger partial charge in [-0.1, -0.05) is 25.4 Å². The normalized spacial score (nSPS) is 24.8. The molecule has 0 bridgehead atoms. The van der Waals surface area contributed by atoms with Crippen molar-refractivity contribution >= 4 is 11.6 Å². The highest BCUT2D eigenvalue weighted by Gasteiger charge is 2.29. The summed E-state index contributed by atoms with van der Waals surface area (Å²) in [6.07, 6.45) is 5.05. The van der Waals surface area contributed by atoms with Crippen LogP contribution in [-0.4, -0.2) is 34.2 Å². The zero-order valence-corrected chi connectivity index (χ0v) is 11.8. The predicted octanol–water partition coefficient (Wildman–Crippen LogP) is 2.72. The van der Waals surface area contributed by atoms with Gasteiger partial charge in [-0.15, -0.1) is 0 Å². The Morgan fingerprint density at radius 1 is 1.56 bits per heavy atom. The van der Waals surface area contributed by atoms with E-state index in [9.17, 15) is 5.11 Å². The Kier molecular flexibility index (Phi) is 4.25. The second kappa shape index (κ2) is 5.55. The fourth-order valence-corrected chi connectivity index (χ4v) is 2.89. The Balaban J connectivity index is 2.07. The highest BCUT2D eigenvalue weighted by molar-refractivity contribution is 6.31. The summed E-state index contributed by atoms with van der Waals surface area (Å²) in [6, 6.07) is 1.83. The van der Waals surface area contributed by atoms with Gasteiger partial charge in [0, 0.05) is 42.6 Å². The van der Waals surface area contributed by atoms with Gasteiger partial charge in [-0.2, -0.15) is 0 Å². The van der Waals surface area contributed by atoms with Crippen LogP contribution in [0.15, 0.2) is 18.5 Å². The molecular weight excluding hydrogens is 248 g/mol. The van der Waals surface area contributed by atoms with Gasteiger partial charge >= 0.3 is 0 Å². The summed E-state index contributed by atoms with van der Waals surface area (Å²) in [4.78, 5) is 6.49. The van der Waals surface area contributed by atoms with Crippen LogP contribution in [0.5, 0.6) is 0 Å². The maximum atomic E-state index is 9.90. The molecule has 2 rings (SSSR count). The zero-order valence-electron chi connectivity index (χ0n) is 11.1. The number of pyridine rings is 1. The van der Waals surface area contributed by atoms with Crippen LogP contribution in [0.1, 0.15) is 32.3 Å². The van der Waals surface area contributed by atoms with E-state index < -0.39 is 0 Å². The van der Waals surface area contributed by atoms with E-state index in [2.05, 4.69) is 23.7 Å². The van der Waals surface area contributed by atoms with Gasteiger partial charge in [0.1, 0.15) is 0 Å². The third-order valence-electron chi connectivity index (χ3n) is 3.46. The zero-order chi connectivity index (χ0) is 13.2. The summed E-state index contributed by atoms with van der Waals surface area (Å²) >= 11 is 6.17. The van der Waals surface area contributed by atoms with E-state index in [1.165, 1.54) is 0 Å². The van der Waals surface area contributed by atoms with Gasteiger partial charge in [-0.05, 0) is 24.3 Å². The van der Waals surface area contributed by atoms with Crippen molar-refractivity contribution in [3.05, 3.63) is 29.0 Å². The standard InChI is InChI=1S/C14H21ClN2O/c1-14(2)7-12(18)4-6-17(10-14)9-11-8-16-5-3-13(11)15/h3,5,8,12,18H,4,6-7,9-10H2,1-2H3. The van der Waals surface area contributed by atoms with E-state index in [-0.39, 0.29) is 11.5 Å². The lowest BCUT2D eigenvalue weighted by atomic mass is 9.87. The van der Waals surface area contributed by atoms with E-state index in [1.807, 2.05) is 12.3 Å². The Morgan fingerprint density at radius 2 is 2.33 bits per heavy atom. The fraction of sp³-hybridized carbons (Fsp3) is 0.643. The minimum absolute atomic E-state index is 0.143. The molecule has 1 N–H and O–H groups in total. The Hall–Kier alpha value is -0.640. The smallest absolute Gasteiger partial charge is 0.0558 e. The van der Waals surface area contributed by atoms with Crippen molar-refractivity contribution in [3.8, 4) is 0 Å². The highest BCUT2D eigenvalue weighted by atomic mass is 35.5. The summed E-state index contributed by atoms with van der Waals surface area (Å²) in [5.41, 5.74) is 1.20. The van der Waals surface area contributed by atoms with E-state index in [0.717, 1.165) is 43.1 Å². The number of likely N-dealkylation sites (tertiary alicyclic amines) is 1. The number of hydrogen-bond acceptors (Lipinski definition) is 3. The molecule has 1 aromatic rings. The second-order valence-corrected chi connectivity index (χ2v) is 6.40. The van der Waals surface area contributed by atoms with E-state index in [1.54, 1.807) is 6.20 Å². The van der Waals surface area contributed by atoms with Crippen molar-refractivity contribution in [1.82, 2.24) is 9.88 Å². The Labute approximate surface area is 114 Å². The molecule has 100 valence electrons. The van der Waals surface area contributed by atoms with Crippen molar-refractivity contribution in [2.75, 3.05) is 13.1 Å². The first-order valence-electron chi connectivity index (χ1n) is 6.45. The van der Waals surface area contributed by atoms with Gasteiger partial charge in [-0.25, -0.2) is 0 Å². The average molecular weight is 269 g/mol. The molecule has 1 unspecified atom stereocenters. The summed E-state index contributed by atoms with van der Waals surface area (Å²) in [7, 11) is 0. The maximum Gasteiger partial charge on any atom is 0.0558 e. The summed E-state index contributed by atoms with van der Waals surface area (Å²) < 4.78 is 0. The Morgan fingerprint density at radius 3 is 3.06 bits per heavy atom. The second-order valence-electron chi connectivity index (χ2n) is 5.99. The molecule has 2 heterocycles. The molecule has 1 saturated heterocycles. The fourth-order valence-electron chi connectivity index (χ4n) is 2.72. The number of aromatic nitrogens is 1. The SMILES string of the molecule is CC1(C)CC(O)CCN(Cc2cnccc2Cl)C1. The van der Waals surface area contributed by atoms with Crippen LogP contribution in [0.25, 0.3) is 0 Å². The molecule has 1 aromatic heterocycles. The van der Waals surface area contributed by atoms with Gasteiger partial charge in [0.2, 0.25) is 0 Å². The lowest BCUT2D eigenvalue weighted by Crippen LogP contribution is -2.32. The first kappa shape index (κ1) is 13.8. The van der Waals surface area contributed by atoms with Crippen LogP contribution in [-0.2, 0) is 6.54 Å². The molecule has 1 aliphatic rings. The van der Waals surface area contributed by atoms with Crippen molar-refractivity contribution in [3.63, 3.8) is 0 Å². The number of nitrogens with zero attached hydrogens (tertiary/aromatic N) is 2. The monoisotopic (exact) mass is 268 g/mol. The van der Waals surface area contributed by atoms with Gasteiger partial charge in [0.05, 0.1) is 6.10 Å². The first-order chi connectivity index (χ1) is 8.46. The first-order valence-corrected chi connectivity index (χ1v) is 6.83. The van der Waals surface area contributed by atoms with Gasteiger partial charge in [-0.3, -0.25) is 9.88 Å². The number of rotatable bonds is 2. The minimum Gasteiger partial charge on any atom is -0.393 e. The van der Waals surface area contributed by atoms with Gasteiger partial charge < -0.3 is 5.11 Å². The lowest BCUT2D eigenvalue weighted by Gasteiger charge is -2.29. The number of hydrogen-bond donors (Lipinski definition) is 1. The lowest BCUT2D eigenvalue weighted by molar-refractivity contribution is 0.121. The molecule has 0 radical (unpaired) electrons. The third kappa shape index (κ3) is 3.67. The Bertz CT molecular complexity index is 409. The molecule has 1 aliphatic heterocycles. The minimum atomic E-state index is -0.186. The van der Waals surface area contributed by atoms with E-state index >= 15 is 0 Å².